The first kappa shape index (κ1) is 15.6. The van der Waals surface area contributed by atoms with Crippen LogP contribution in [0.25, 0.3) is 0 Å². The second-order valence-electron chi connectivity index (χ2n) is 5.31. The number of nitrogens with zero attached hydrogens (tertiary/aromatic N) is 2. The number of nitrogens with two attached hydrogens (primary N) is 1. The van der Waals surface area contributed by atoms with Crippen LogP contribution in [0.2, 0.25) is 0 Å². The summed E-state index contributed by atoms with van der Waals surface area (Å²) in [5.74, 6) is 1.13. The number of rotatable bonds is 6. The van der Waals surface area contributed by atoms with Crippen molar-refractivity contribution in [1.29, 1.82) is 0 Å². The molecule has 21 heavy (non-hydrogen) atoms. The maximum absolute atomic E-state index is 12.0. The number of amides is 1. The molecule has 0 spiro atoms. The molecule has 0 radical (unpaired) electrons. The minimum Gasteiger partial charge on any atom is -0.497 e. The molecule has 0 atom stereocenters. The fourth-order valence-corrected chi connectivity index (χ4v) is 2.59. The molecule has 1 aliphatic heterocycles. The van der Waals surface area contributed by atoms with Crippen LogP contribution in [0.1, 0.15) is 19.3 Å². The molecular weight excluding hydrogens is 266 g/mol. The van der Waals surface area contributed by atoms with Gasteiger partial charge in [-0.05, 0) is 43.7 Å². The molecule has 1 saturated heterocycles. The van der Waals surface area contributed by atoms with Crippen LogP contribution in [-0.4, -0.2) is 50.6 Å². The van der Waals surface area contributed by atoms with Crippen LogP contribution < -0.4 is 15.4 Å². The molecule has 2 N–H and O–H groups in total. The van der Waals surface area contributed by atoms with Crippen LogP contribution in [0.3, 0.4) is 0 Å². The van der Waals surface area contributed by atoms with Crippen molar-refractivity contribution in [3.63, 3.8) is 0 Å². The summed E-state index contributed by atoms with van der Waals surface area (Å²) in [6, 6.07) is 8.08. The molecular formula is C16H25N3O2. The Morgan fingerprint density at radius 3 is 2.38 bits per heavy atom. The van der Waals surface area contributed by atoms with Gasteiger partial charge in [0.2, 0.25) is 5.91 Å². The zero-order valence-electron chi connectivity index (χ0n) is 12.8. The first-order valence-corrected chi connectivity index (χ1v) is 7.61. The Morgan fingerprint density at radius 2 is 1.81 bits per heavy atom. The van der Waals surface area contributed by atoms with E-state index in [1.54, 1.807) is 7.11 Å². The van der Waals surface area contributed by atoms with Gasteiger partial charge >= 0.3 is 0 Å². The number of ether oxygens (including phenoxy) is 1. The Hall–Kier alpha value is -1.75. The van der Waals surface area contributed by atoms with Crippen molar-refractivity contribution in [3.05, 3.63) is 24.3 Å². The molecule has 5 nitrogen and oxygen atoms in total. The number of carbonyl (C=O) groups is 1. The van der Waals surface area contributed by atoms with E-state index in [1.165, 1.54) is 5.69 Å². The second-order valence-corrected chi connectivity index (χ2v) is 5.31. The van der Waals surface area contributed by atoms with Crippen molar-refractivity contribution in [3.8, 4) is 5.75 Å². The number of unbranched alkanes of at least 4 members (excludes halogenated alkanes) is 1. The summed E-state index contributed by atoms with van der Waals surface area (Å²) in [4.78, 5) is 16.3. The van der Waals surface area contributed by atoms with Gasteiger partial charge in [0.25, 0.3) is 0 Å². The third kappa shape index (κ3) is 4.36. The molecule has 0 saturated carbocycles. The normalized spacial score (nSPS) is 15.1. The van der Waals surface area contributed by atoms with Crippen molar-refractivity contribution < 1.29 is 9.53 Å². The second kappa shape index (κ2) is 7.88. The third-order valence-electron chi connectivity index (χ3n) is 3.91. The lowest BCUT2D eigenvalue weighted by Crippen LogP contribution is -2.48. The largest absolute Gasteiger partial charge is 0.497 e. The van der Waals surface area contributed by atoms with Gasteiger partial charge in [0.1, 0.15) is 5.75 Å². The molecule has 5 heteroatoms. The highest BCUT2D eigenvalue weighted by molar-refractivity contribution is 5.76. The van der Waals surface area contributed by atoms with Crippen molar-refractivity contribution in [1.82, 2.24) is 4.90 Å². The summed E-state index contributed by atoms with van der Waals surface area (Å²) in [6.07, 6.45) is 2.45. The van der Waals surface area contributed by atoms with E-state index in [4.69, 9.17) is 10.5 Å². The highest BCUT2D eigenvalue weighted by Crippen LogP contribution is 2.20. The summed E-state index contributed by atoms with van der Waals surface area (Å²) in [7, 11) is 1.67. The average Bonchev–Trinajstić information content (AvgIpc) is 2.55. The number of hydrogen-bond acceptors (Lipinski definition) is 4. The minimum atomic E-state index is 0.262. The zero-order valence-corrected chi connectivity index (χ0v) is 12.8. The van der Waals surface area contributed by atoms with Gasteiger partial charge in [-0.2, -0.15) is 0 Å². The Labute approximate surface area is 126 Å². The van der Waals surface area contributed by atoms with Crippen LogP contribution in [0.15, 0.2) is 24.3 Å². The van der Waals surface area contributed by atoms with Gasteiger partial charge in [-0.3, -0.25) is 4.79 Å². The Balaban J connectivity index is 1.80. The number of piperazine rings is 1. The summed E-state index contributed by atoms with van der Waals surface area (Å²) >= 11 is 0. The molecule has 2 rings (SSSR count). The monoisotopic (exact) mass is 291 g/mol. The molecule has 1 aromatic rings. The molecule has 1 aliphatic rings. The molecule has 1 amide bonds. The van der Waals surface area contributed by atoms with Gasteiger partial charge in [-0.25, -0.2) is 0 Å². The molecule has 0 aromatic heterocycles. The lowest BCUT2D eigenvalue weighted by Gasteiger charge is -2.36. The van der Waals surface area contributed by atoms with E-state index < -0.39 is 0 Å². The van der Waals surface area contributed by atoms with Gasteiger partial charge in [0.15, 0.2) is 0 Å². The predicted octanol–water partition coefficient (Wildman–Crippen LogP) is 1.47. The lowest BCUT2D eigenvalue weighted by atomic mass is 10.2. The van der Waals surface area contributed by atoms with Crippen molar-refractivity contribution in [2.75, 3.05) is 44.7 Å². The van der Waals surface area contributed by atoms with Gasteiger partial charge in [-0.1, -0.05) is 0 Å². The molecule has 116 valence electrons. The van der Waals surface area contributed by atoms with E-state index in [-0.39, 0.29) is 5.91 Å². The van der Waals surface area contributed by atoms with E-state index in [9.17, 15) is 4.79 Å². The summed E-state index contributed by atoms with van der Waals surface area (Å²) in [5, 5.41) is 0. The van der Waals surface area contributed by atoms with Crippen molar-refractivity contribution in [2.24, 2.45) is 5.73 Å². The SMILES string of the molecule is COc1ccc(N2CCN(C(=O)CCCCN)CC2)cc1. The summed E-state index contributed by atoms with van der Waals surface area (Å²) < 4.78 is 5.17. The van der Waals surface area contributed by atoms with Gasteiger partial charge in [0.05, 0.1) is 7.11 Å². The van der Waals surface area contributed by atoms with Gasteiger partial charge in [0, 0.05) is 38.3 Å². The van der Waals surface area contributed by atoms with Crippen molar-refractivity contribution >= 4 is 11.6 Å². The molecule has 0 aliphatic carbocycles. The Morgan fingerprint density at radius 1 is 1.14 bits per heavy atom. The number of hydrogen-bond donors (Lipinski definition) is 1. The first-order valence-electron chi connectivity index (χ1n) is 7.61. The third-order valence-corrected chi connectivity index (χ3v) is 3.91. The Bertz CT molecular complexity index is 439. The van der Waals surface area contributed by atoms with Gasteiger partial charge in [-0.15, -0.1) is 0 Å². The number of anilines is 1. The number of carbonyl (C=O) groups excluding carboxylic acids is 1. The maximum Gasteiger partial charge on any atom is 0.222 e. The number of methoxy groups -OCH3 is 1. The highest BCUT2D eigenvalue weighted by Gasteiger charge is 2.20. The van der Waals surface area contributed by atoms with E-state index in [1.807, 2.05) is 17.0 Å². The van der Waals surface area contributed by atoms with Crippen LogP contribution in [0.5, 0.6) is 5.75 Å². The van der Waals surface area contributed by atoms with Crippen LogP contribution in [0.4, 0.5) is 5.69 Å². The zero-order chi connectivity index (χ0) is 15.1. The summed E-state index contributed by atoms with van der Waals surface area (Å²) in [5.41, 5.74) is 6.64. The Kier molecular flexibility index (Phi) is 5.87. The first-order chi connectivity index (χ1) is 10.2. The topological polar surface area (TPSA) is 58.8 Å². The standard InChI is InChI=1S/C16H25N3O2/c1-21-15-7-5-14(6-8-15)18-10-12-19(13-11-18)16(20)4-2-3-9-17/h5-8H,2-4,9-13,17H2,1H3. The quantitative estimate of drug-likeness (QED) is 0.806. The van der Waals surface area contributed by atoms with Crippen LogP contribution >= 0.6 is 0 Å². The fraction of sp³-hybridized carbons (Fsp3) is 0.562. The summed E-state index contributed by atoms with van der Waals surface area (Å²) in [6.45, 7) is 4.03. The van der Waals surface area contributed by atoms with E-state index in [0.717, 1.165) is 44.8 Å². The molecule has 1 fully saturated rings. The maximum atomic E-state index is 12.0. The van der Waals surface area contributed by atoms with E-state index in [0.29, 0.717) is 13.0 Å². The van der Waals surface area contributed by atoms with E-state index in [2.05, 4.69) is 17.0 Å². The molecule has 1 heterocycles. The molecule has 0 unspecified atom stereocenters. The smallest absolute Gasteiger partial charge is 0.222 e. The van der Waals surface area contributed by atoms with Crippen molar-refractivity contribution in [2.45, 2.75) is 19.3 Å². The van der Waals surface area contributed by atoms with Crippen LogP contribution in [-0.2, 0) is 4.79 Å². The van der Waals surface area contributed by atoms with Gasteiger partial charge < -0.3 is 20.3 Å². The molecule has 0 bridgehead atoms. The molecule has 1 aromatic carbocycles. The lowest BCUT2D eigenvalue weighted by molar-refractivity contribution is -0.131. The number of benzene rings is 1. The average molecular weight is 291 g/mol. The van der Waals surface area contributed by atoms with E-state index >= 15 is 0 Å². The van der Waals surface area contributed by atoms with Crippen LogP contribution in [0, 0.1) is 0 Å². The predicted molar refractivity (Wildman–Crippen MR) is 84.7 cm³/mol. The fourth-order valence-electron chi connectivity index (χ4n) is 2.59. The minimum absolute atomic E-state index is 0.262. The highest BCUT2D eigenvalue weighted by atomic mass is 16.5.